The Labute approximate surface area is 116 Å². The van der Waals surface area contributed by atoms with Crippen LogP contribution in [0.4, 0.5) is 10.3 Å². The van der Waals surface area contributed by atoms with E-state index in [0.29, 0.717) is 17.0 Å². The molecule has 1 aromatic heterocycles. The lowest BCUT2D eigenvalue weighted by Crippen LogP contribution is -2.00. The van der Waals surface area contributed by atoms with Gasteiger partial charge in [0.1, 0.15) is 5.52 Å². The van der Waals surface area contributed by atoms with Crippen LogP contribution in [0.1, 0.15) is 18.9 Å². The first-order valence-corrected chi connectivity index (χ1v) is 6.72. The summed E-state index contributed by atoms with van der Waals surface area (Å²) in [6.07, 6.45) is 2.16. The summed E-state index contributed by atoms with van der Waals surface area (Å²) in [6, 6.07) is 13.0. The van der Waals surface area contributed by atoms with E-state index in [-0.39, 0.29) is 5.82 Å². The standard InChI is InChI=1S/C16H16FN3/c1-2-4-11-7-9-12(10-8-11)20-14-6-3-5-13(17)15(14)19-16(20)18/h3,5-10H,2,4H2,1H3,(H2,18,19). The van der Waals surface area contributed by atoms with Gasteiger partial charge in [-0.05, 0) is 36.2 Å². The van der Waals surface area contributed by atoms with Crippen molar-refractivity contribution in [2.45, 2.75) is 19.8 Å². The summed E-state index contributed by atoms with van der Waals surface area (Å²) in [6.45, 7) is 2.15. The molecular weight excluding hydrogens is 253 g/mol. The Balaban J connectivity index is 2.14. The maximum absolute atomic E-state index is 13.7. The minimum absolute atomic E-state index is 0.299. The molecule has 4 heteroatoms. The first kappa shape index (κ1) is 12.7. The van der Waals surface area contributed by atoms with E-state index in [0.717, 1.165) is 18.5 Å². The summed E-state index contributed by atoms with van der Waals surface area (Å²) in [4.78, 5) is 4.11. The molecule has 102 valence electrons. The van der Waals surface area contributed by atoms with Crippen LogP contribution in [0.3, 0.4) is 0 Å². The van der Waals surface area contributed by atoms with Crippen LogP contribution in [-0.2, 0) is 6.42 Å². The Bertz CT molecular complexity index is 744. The molecule has 0 atom stereocenters. The van der Waals surface area contributed by atoms with E-state index in [2.05, 4.69) is 24.0 Å². The fourth-order valence-corrected chi connectivity index (χ4v) is 2.45. The average Bonchev–Trinajstić information content (AvgIpc) is 2.78. The number of nitrogen functional groups attached to an aromatic ring is 1. The van der Waals surface area contributed by atoms with E-state index in [1.54, 1.807) is 10.6 Å². The van der Waals surface area contributed by atoms with E-state index in [1.807, 2.05) is 18.2 Å². The van der Waals surface area contributed by atoms with Crippen LogP contribution < -0.4 is 5.73 Å². The van der Waals surface area contributed by atoms with Crippen LogP contribution >= 0.6 is 0 Å². The Hall–Kier alpha value is -2.36. The lowest BCUT2D eigenvalue weighted by Gasteiger charge is -2.07. The summed E-state index contributed by atoms with van der Waals surface area (Å²) in [7, 11) is 0. The first-order valence-electron chi connectivity index (χ1n) is 6.72. The van der Waals surface area contributed by atoms with Gasteiger partial charge in [-0.25, -0.2) is 9.37 Å². The fourth-order valence-electron chi connectivity index (χ4n) is 2.45. The molecule has 0 radical (unpaired) electrons. The van der Waals surface area contributed by atoms with Gasteiger partial charge >= 0.3 is 0 Å². The number of anilines is 1. The molecule has 3 nitrogen and oxygen atoms in total. The first-order chi connectivity index (χ1) is 9.70. The second-order valence-corrected chi connectivity index (χ2v) is 4.83. The fraction of sp³-hybridized carbons (Fsp3) is 0.188. The Morgan fingerprint density at radius 2 is 1.90 bits per heavy atom. The summed E-state index contributed by atoms with van der Waals surface area (Å²) in [5, 5.41) is 0. The van der Waals surface area contributed by atoms with E-state index in [9.17, 15) is 4.39 Å². The summed E-state index contributed by atoms with van der Waals surface area (Å²) >= 11 is 0. The highest BCUT2D eigenvalue weighted by molar-refractivity contribution is 5.81. The van der Waals surface area contributed by atoms with Crippen LogP contribution in [0.25, 0.3) is 16.7 Å². The number of hydrogen-bond acceptors (Lipinski definition) is 2. The van der Waals surface area contributed by atoms with Gasteiger partial charge in [0.15, 0.2) is 5.82 Å². The number of halogens is 1. The molecule has 2 N–H and O–H groups in total. The minimum atomic E-state index is -0.351. The SMILES string of the molecule is CCCc1ccc(-n2c(N)nc3c(F)cccc32)cc1. The molecule has 0 spiro atoms. The van der Waals surface area contributed by atoms with Gasteiger partial charge in [0.25, 0.3) is 0 Å². The summed E-state index contributed by atoms with van der Waals surface area (Å²) in [5.41, 5.74) is 9.11. The third kappa shape index (κ3) is 2.03. The van der Waals surface area contributed by atoms with E-state index < -0.39 is 0 Å². The highest BCUT2D eigenvalue weighted by Crippen LogP contribution is 2.25. The van der Waals surface area contributed by atoms with Crippen LogP contribution in [0.15, 0.2) is 42.5 Å². The van der Waals surface area contributed by atoms with Crippen molar-refractivity contribution >= 4 is 17.0 Å². The molecule has 0 fully saturated rings. The lowest BCUT2D eigenvalue weighted by atomic mass is 10.1. The normalized spacial score (nSPS) is 11.1. The topological polar surface area (TPSA) is 43.8 Å². The van der Waals surface area contributed by atoms with Gasteiger partial charge in [0.2, 0.25) is 5.95 Å². The molecule has 3 aromatic rings. The average molecular weight is 269 g/mol. The molecule has 1 heterocycles. The van der Waals surface area contributed by atoms with Crippen LogP contribution in [0, 0.1) is 5.82 Å². The predicted molar refractivity (Wildman–Crippen MR) is 79.4 cm³/mol. The van der Waals surface area contributed by atoms with Crippen molar-refractivity contribution in [2.24, 2.45) is 0 Å². The van der Waals surface area contributed by atoms with Gasteiger partial charge < -0.3 is 5.73 Å². The van der Waals surface area contributed by atoms with Gasteiger partial charge in [-0.15, -0.1) is 0 Å². The molecular formula is C16H16FN3. The van der Waals surface area contributed by atoms with Crippen molar-refractivity contribution in [3.8, 4) is 5.69 Å². The summed E-state index contributed by atoms with van der Waals surface area (Å²) < 4.78 is 15.5. The van der Waals surface area contributed by atoms with Gasteiger partial charge in [-0.2, -0.15) is 0 Å². The number of nitrogens with two attached hydrogens (primary N) is 1. The number of fused-ring (bicyclic) bond motifs is 1. The summed E-state index contributed by atoms with van der Waals surface area (Å²) in [5.74, 6) is -0.0519. The molecule has 0 saturated heterocycles. The zero-order valence-electron chi connectivity index (χ0n) is 11.3. The van der Waals surface area contributed by atoms with Crippen LogP contribution in [-0.4, -0.2) is 9.55 Å². The molecule has 20 heavy (non-hydrogen) atoms. The number of aromatic nitrogens is 2. The Morgan fingerprint density at radius 1 is 1.15 bits per heavy atom. The molecule has 0 aliphatic heterocycles. The number of hydrogen-bond donors (Lipinski definition) is 1. The number of aryl methyl sites for hydroxylation is 1. The smallest absolute Gasteiger partial charge is 0.206 e. The molecule has 0 amide bonds. The van der Waals surface area contributed by atoms with E-state index in [4.69, 9.17) is 5.73 Å². The number of benzene rings is 2. The Morgan fingerprint density at radius 3 is 2.60 bits per heavy atom. The third-order valence-corrected chi connectivity index (χ3v) is 3.40. The highest BCUT2D eigenvalue weighted by atomic mass is 19.1. The largest absolute Gasteiger partial charge is 0.369 e. The molecule has 3 rings (SSSR count). The number of imidazole rings is 1. The molecule has 0 aliphatic rings. The number of para-hydroxylation sites is 1. The quantitative estimate of drug-likeness (QED) is 0.788. The Kier molecular flexibility index (Phi) is 3.14. The third-order valence-electron chi connectivity index (χ3n) is 3.40. The zero-order chi connectivity index (χ0) is 14.1. The van der Waals surface area contributed by atoms with Crippen molar-refractivity contribution in [3.05, 3.63) is 53.8 Å². The number of rotatable bonds is 3. The van der Waals surface area contributed by atoms with Gasteiger partial charge in [-0.3, -0.25) is 4.57 Å². The lowest BCUT2D eigenvalue weighted by molar-refractivity contribution is 0.637. The monoisotopic (exact) mass is 269 g/mol. The van der Waals surface area contributed by atoms with E-state index >= 15 is 0 Å². The zero-order valence-corrected chi connectivity index (χ0v) is 11.3. The van der Waals surface area contributed by atoms with Gasteiger partial charge in [0, 0.05) is 5.69 Å². The van der Waals surface area contributed by atoms with Crippen molar-refractivity contribution in [1.29, 1.82) is 0 Å². The van der Waals surface area contributed by atoms with Crippen molar-refractivity contribution < 1.29 is 4.39 Å². The molecule has 0 bridgehead atoms. The van der Waals surface area contributed by atoms with Crippen LogP contribution in [0.2, 0.25) is 0 Å². The highest BCUT2D eigenvalue weighted by Gasteiger charge is 2.12. The molecule has 2 aromatic carbocycles. The maximum Gasteiger partial charge on any atom is 0.206 e. The predicted octanol–water partition coefficient (Wildman–Crippen LogP) is 3.70. The molecule has 0 saturated carbocycles. The van der Waals surface area contributed by atoms with Gasteiger partial charge in [0.05, 0.1) is 5.52 Å². The van der Waals surface area contributed by atoms with Crippen molar-refractivity contribution in [1.82, 2.24) is 9.55 Å². The molecule has 0 aliphatic carbocycles. The maximum atomic E-state index is 13.7. The van der Waals surface area contributed by atoms with Crippen molar-refractivity contribution in [3.63, 3.8) is 0 Å². The van der Waals surface area contributed by atoms with E-state index in [1.165, 1.54) is 11.6 Å². The second-order valence-electron chi connectivity index (χ2n) is 4.83. The van der Waals surface area contributed by atoms with Crippen LogP contribution in [0.5, 0.6) is 0 Å². The molecule has 0 unspecified atom stereocenters. The van der Waals surface area contributed by atoms with Crippen molar-refractivity contribution in [2.75, 3.05) is 5.73 Å². The minimum Gasteiger partial charge on any atom is -0.369 e. The second kappa shape index (κ2) is 4.96. The van der Waals surface area contributed by atoms with Gasteiger partial charge in [-0.1, -0.05) is 31.5 Å². The number of nitrogens with zero attached hydrogens (tertiary/aromatic N) is 2.